The van der Waals surface area contributed by atoms with E-state index in [0.29, 0.717) is 25.0 Å². The Bertz CT molecular complexity index is 326. The van der Waals surface area contributed by atoms with Gasteiger partial charge < -0.3 is 5.32 Å². The Morgan fingerprint density at radius 2 is 2.07 bits per heavy atom. The number of sulfonamides is 1. The fourth-order valence-corrected chi connectivity index (χ4v) is 3.86. The lowest BCUT2D eigenvalue weighted by Crippen LogP contribution is -2.50. The molecule has 0 unspecified atom stereocenters. The first-order valence-corrected chi connectivity index (χ1v) is 7.24. The molecule has 0 aromatic carbocycles. The normalized spacial score (nSPS) is 33.3. The van der Waals surface area contributed by atoms with Gasteiger partial charge in [-0.1, -0.05) is 0 Å². The van der Waals surface area contributed by atoms with Crippen LogP contribution < -0.4 is 5.32 Å². The maximum Gasteiger partial charge on any atom is 0.216 e. The summed E-state index contributed by atoms with van der Waals surface area (Å²) in [4.78, 5) is 0. The van der Waals surface area contributed by atoms with E-state index in [1.807, 2.05) is 0 Å². The summed E-state index contributed by atoms with van der Waals surface area (Å²) in [6, 6.07) is 0.396. The summed E-state index contributed by atoms with van der Waals surface area (Å²) < 4.78 is 25.6. The van der Waals surface area contributed by atoms with Crippen LogP contribution in [0.5, 0.6) is 0 Å². The molecule has 1 N–H and O–H groups in total. The molecule has 0 aromatic rings. The fourth-order valence-electron chi connectivity index (χ4n) is 2.53. The number of nitrogens with zero attached hydrogens (tertiary/aromatic N) is 1. The maximum absolute atomic E-state index is 12.0. The van der Waals surface area contributed by atoms with Crippen molar-refractivity contribution in [2.45, 2.75) is 38.0 Å². The van der Waals surface area contributed by atoms with Crippen LogP contribution in [0.3, 0.4) is 0 Å². The zero-order valence-corrected chi connectivity index (χ0v) is 10.3. The third-order valence-corrected chi connectivity index (χ3v) is 5.84. The van der Waals surface area contributed by atoms with Gasteiger partial charge in [0.2, 0.25) is 10.0 Å². The minimum absolute atomic E-state index is 0.296. The summed E-state index contributed by atoms with van der Waals surface area (Å²) in [5, 5.41) is 3.10. The second kappa shape index (κ2) is 4.03. The molecule has 2 atom stereocenters. The number of hydrogen-bond acceptors (Lipinski definition) is 3. The van der Waals surface area contributed by atoms with E-state index < -0.39 is 10.0 Å². The zero-order chi connectivity index (χ0) is 11.1. The monoisotopic (exact) mass is 232 g/mol. The van der Waals surface area contributed by atoms with Crippen LogP contribution in [0.4, 0.5) is 0 Å². The molecular weight excluding hydrogens is 212 g/mol. The van der Waals surface area contributed by atoms with E-state index in [4.69, 9.17) is 0 Å². The smallest absolute Gasteiger partial charge is 0.216 e. The Morgan fingerprint density at radius 1 is 1.33 bits per heavy atom. The second-order valence-corrected chi connectivity index (χ2v) is 7.34. The Kier molecular flexibility index (Phi) is 3.05. The Labute approximate surface area is 92.1 Å². The van der Waals surface area contributed by atoms with Crippen LogP contribution in [-0.4, -0.2) is 43.6 Å². The summed E-state index contributed by atoms with van der Waals surface area (Å²) in [6.45, 7) is 5.94. The van der Waals surface area contributed by atoms with Crippen LogP contribution >= 0.6 is 0 Å². The van der Waals surface area contributed by atoms with Crippen LogP contribution in [0, 0.1) is 5.92 Å². The highest BCUT2D eigenvalue weighted by Crippen LogP contribution is 2.27. The molecule has 0 aromatic heterocycles. The van der Waals surface area contributed by atoms with Crippen molar-refractivity contribution in [3.05, 3.63) is 0 Å². The molecule has 2 fully saturated rings. The molecule has 5 heteroatoms. The first-order valence-electron chi connectivity index (χ1n) is 5.74. The topological polar surface area (TPSA) is 49.4 Å². The van der Waals surface area contributed by atoms with Gasteiger partial charge in [-0.2, -0.15) is 0 Å². The van der Waals surface area contributed by atoms with E-state index in [1.54, 1.807) is 18.2 Å². The van der Waals surface area contributed by atoms with Gasteiger partial charge >= 0.3 is 0 Å². The molecule has 2 aliphatic heterocycles. The number of fused-ring (bicyclic) bond motifs is 1. The molecule has 0 amide bonds. The van der Waals surface area contributed by atoms with Crippen molar-refractivity contribution in [1.29, 1.82) is 0 Å². The van der Waals surface area contributed by atoms with Gasteiger partial charge in [-0.15, -0.1) is 0 Å². The first-order chi connectivity index (χ1) is 7.01. The number of hydrogen-bond donors (Lipinski definition) is 1. The van der Waals surface area contributed by atoms with E-state index in [1.165, 1.54) is 6.42 Å². The molecule has 2 rings (SSSR count). The second-order valence-electron chi connectivity index (χ2n) is 4.85. The predicted molar refractivity (Wildman–Crippen MR) is 60.1 cm³/mol. The average Bonchev–Trinajstić information content (AvgIpc) is 2.63. The number of piperidine rings is 1. The molecule has 4 nitrogen and oxygen atoms in total. The van der Waals surface area contributed by atoms with Crippen molar-refractivity contribution in [2.75, 3.05) is 19.6 Å². The highest BCUT2D eigenvalue weighted by molar-refractivity contribution is 7.89. The molecule has 2 saturated heterocycles. The lowest BCUT2D eigenvalue weighted by molar-refractivity contribution is 0.248. The molecule has 15 heavy (non-hydrogen) atoms. The molecule has 0 radical (unpaired) electrons. The molecule has 0 bridgehead atoms. The minimum atomic E-state index is -3.05. The number of nitrogens with one attached hydrogen (secondary N) is 1. The van der Waals surface area contributed by atoms with Gasteiger partial charge in [0.05, 0.1) is 5.25 Å². The summed E-state index contributed by atoms with van der Waals surface area (Å²) in [5.74, 6) is 0.698. The summed E-state index contributed by atoms with van der Waals surface area (Å²) >= 11 is 0. The SMILES string of the molecule is CC(C)S(=O)(=O)N1CC[C@@H]2CCN[C@@H]2C1. The van der Waals surface area contributed by atoms with Crippen LogP contribution in [-0.2, 0) is 10.0 Å². The molecule has 2 heterocycles. The van der Waals surface area contributed by atoms with E-state index in [9.17, 15) is 8.42 Å². The zero-order valence-electron chi connectivity index (χ0n) is 9.44. The third kappa shape index (κ3) is 2.05. The molecule has 0 saturated carbocycles. The summed E-state index contributed by atoms with van der Waals surface area (Å²) in [5.41, 5.74) is 0. The van der Waals surface area contributed by atoms with Gasteiger partial charge in [-0.3, -0.25) is 0 Å². The van der Waals surface area contributed by atoms with Gasteiger partial charge in [0.25, 0.3) is 0 Å². The fraction of sp³-hybridized carbons (Fsp3) is 1.00. The quantitative estimate of drug-likeness (QED) is 0.750. The van der Waals surface area contributed by atoms with Crippen molar-refractivity contribution >= 4 is 10.0 Å². The molecule has 0 spiro atoms. The Hall–Kier alpha value is -0.130. The van der Waals surface area contributed by atoms with Crippen molar-refractivity contribution in [3.8, 4) is 0 Å². The van der Waals surface area contributed by atoms with Gasteiger partial charge in [0, 0.05) is 19.1 Å². The third-order valence-electron chi connectivity index (χ3n) is 3.60. The highest BCUT2D eigenvalue weighted by Gasteiger charge is 2.37. The van der Waals surface area contributed by atoms with Crippen molar-refractivity contribution in [2.24, 2.45) is 5.92 Å². The van der Waals surface area contributed by atoms with Crippen molar-refractivity contribution in [1.82, 2.24) is 9.62 Å². The summed E-state index contributed by atoms with van der Waals surface area (Å²) in [6.07, 6.45) is 2.23. The highest BCUT2D eigenvalue weighted by atomic mass is 32.2. The molecule has 88 valence electrons. The van der Waals surface area contributed by atoms with Crippen LogP contribution in [0.2, 0.25) is 0 Å². The van der Waals surface area contributed by atoms with Crippen LogP contribution in [0.25, 0.3) is 0 Å². The average molecular weight is 232 g/mol. The Balaban J connectivity index is 2.07. The van der Waals surface area contributed by atoms with Crippen molar-refractivity contribution in [3.63, 3.8) is 0 Å². The first kappa shape index (κ1) is 11.4. The predicted octanol–water partition coefficient (Wildman–Crippen LogP) is 0.408. The van der Waals surface area contributed by atoms with E-state index in [2.05, 4.69) is 5.32 Å². The Morgan fingerprint density at radius 3 is 2.73 bits per heavy atom. The summed E-state index contributed by atoms with van der Waals surface area (Å²) in [7, 11) is -3.05. The lowest BCUT2D eigenvalue weighted by Gasteiger charge is -2.35. The van der Waals surface area contributed by atoms with E-state index >= 15 is 0 Å². The van der Waals surface area contributed by atoms with E-state index in [-0.39, 0.29) is 5.25 Å². The lowest BCUT2D eigenvalue weighted by atomic mass is 9.94. The van der Waals surface area contributed by atoms with Gasteiger partial charge in [0.1, 0.15) is 0 Å². The van der Waals surface area contributed by atoms with Crippen molar-refractivity contribution < 1.29 is 8.42 Å². The minimum Gasteiger partial charge on any atom is -0.312 e. The standard InChI is InChI=1S/C10H20N2O2S/c1-8(2)15(13,14)12-6-4-9-3-5-11-10(9)7-12/h8-11H,3-7H2,1-2H3/t9-,10+/m0/s1. The molecule has 2 aliphatic rings. The van der Waals surface area contributed by atoms with Gasteiger partial charge in [-0.05, 0) is 39.2 Å². The molecule has 0 aliphatic carbocycles. The van der Waals surface area contributed by atoms with Crippen LogP contribution in [0.15, 0.2) is 0 Å². The van der Waals surface area contributed by atoms with Gasteiger partial charge in [0.15, 0.2) is 0 Å². The molecular formula is C10H20N2O2S. The number of rotatable bonds is 2. The van der Waals surface area contributed by atoms with Crippen LogP contribution in [0.1, 0.15) is 26.7 Å². The maximum atomic E-state index is 12.0. The largest absolute Gasteiger partial charge is 0.312 e. The van der Waals surface area contributed by atoms with Gasteiger partial charge in [-0.25, -0.2) is 12.7 Å². The van der Waals surface area contributed by atoms with E-state index in [0.717, 1.165) is 13.0 Å².